The van der Waals surface area contributed by atoms with E-state index in [2.05, 4.69) is 16.3 Å². The Morgan fingerprint density at radius 2 is 2.10 bits per heavy atom. The van der Waals surface area contributed by atoms with Gasteiger partial charge in [-0.15, -0.1) is 0 Å². The van der Waals surface area contributed by atoms with Crippen molar-refractivity contribution in [1.29, 1.82) is 0 Å². The fourth-order valence-electron chi connectivity index (χ4n) is 2.42. The van der Waals surface area contributed by atoms with Crippen molar-refractivity contribution in [3.63, 3.8) is 0 Å². The van der Waals surface area contributed by atoms with E-state index < -0.39 is 5.60 Å². The van der Waals surface area contributed by atoms with Gasteiger partial charge in [-0.05, 0) is 39.3 Å². The zero-order valence-electron chi connectivity index (χ0n) is 13.1. The average Bonchev–Trinajstić information content (AvgIpc) is 2.62. The van der Waals surface area contributed by atoms with Crippen LogP contribution in [0.25, 0.3) is 0 Å². The molecular weight excluding hydrogens is 268 g/mol. The minimum absolute atomic E-state index is 0.0176. The first-order chi connectivity index (χ1) is 9.85. The quantitative estimate of drug-likeness (QED) is 0.573. The molecule has 0 aromatic heterocycles. The molecule has 2 aliphatic rings. The number of hydrogen-bond acceptors (Lipinski definition) is 6. The number of allylic oxidation sites excluding steroid dienone is 2. The van der Waals surface area contributed by atoms with Crippen LogP contribution in [0, 0.1) is 0 Å². The third-order valence-electron chi connectivity index (χ3n) is 3.44. The van der Waals surface area contributed by atoms with Crippen LogP contribution in [-0.2, 0) is 9.53 Å². The lowest BCUT2D eigenvalue weighted by Crippen LogP contribution is -2.48. The fourth-order valence-corrected chi connectivity index (χ4v) is 2.42. The van der Waals surface area contributed by atoms with Gasteiger partial charge in [0.2, 0.25) is 0 Å². The molecule has 0 radical (unpaired) electrons. The van der Waals surface area contributed by atoms with E-state index in [1.807, 2.05) is 31.9 Å². The summed E-state index contributed by atoms with van der Waals surface area (Å²) in [6, 6.07) is 0. The van der Waals surface area contributed by atoms with Crippen LogP contribution in [0.5, 0.6) is 0 Å². The first-order valence-electron chi connectivity index (χ1n) is 7.47. The monoisotopic (exact) mass is 294 g/mol. The van der Waals surface area contributed by atoms with Gasteiger partial charge in [0.15, 0.2) is 0 Å². The SMILES string of the molecule is CC(C)(C)OC(=O)C1=CC=CC(N2CCCN(N)CC2)N1. The molecule has 1 saturated heterocycles. The Hall–Kier alpha value is -1.37. The number of dihydropyridines is 1. The average molecular weight is 294 g/mol. The molecule has 0 aromatic rings. The third kappa shape index (κ3) is 4.84. The summed E-state index contributed by atoms with van der Waals surface area (Å²) in [7, 11) is 0. The van der Waals surface area contributed by atoms with Gasteiger partial charge in [-0.2, -0.15) is 0 Å². The summed E-state index contributed by atoms with van der Waals surface area (Å²) in [6.07, 6.45) is 6.76. The van der Waals surface area contributed by atoms with E-state index in [0.717, 1.165) is 32.6 Å². The maximum Gasteiger partial charge on any atom is 0.354 e. The molecule has 0 aliphatic carbocycles. The highest BCUT2D eigenvalue weighted by Crippen LogP contribution is 2.14. The maximum absolute atomic E-state index is 12.1. The van der Waals surface area contributed by atoms with Gasteiger partial charge >= 0.3 is 5.97 Å². The second kappa shape index (κ2) is 6.60. The molecule has 6 heteroatoms. The molecule has 6 nitrogen and oxygen atoms in total. The molecule has 0 bridgehead atoms. The van der Waals surface area contributed by atoms with Crippen LogP contribution in [-0.4, -0.2) is 53.8 Å². The van der Waals surface area contributed by atoms with E-state index in [1.165, 1.54) is 0 Å². The van der Waals surface area contributed by atoms with Crippen molar-refractivity contribution < 1.29 is 9.53 Å². The van der Waals surface area contributed by atoms with Crippen molar-refractivity contribution in [2.45, 2.75) is 39.0 Å². The van der Waals surface area contributed by atoms with Crippen molar-refractivity contribution in [2.75, 3.05) is 26.2 Å². The van der Waals surface area contributed by atoms with Crippen molar-refractivity contribution >= 4 is 5.97 Å². The zero-order chi connectivity index (χ0) is 15.5. The third-order valence-corrected chi connectivity index (χ3v) is 3.44. The number of nitrogens with one attached hydrogen (secondary N) is 1. The van der Waals surface area contributed by atoms with Crippen LogP contribution in [0.1, 0.15) is 27.2 Å². The van der Waals surface area contributed by atoms with Crippen molar-refractivity contribution in [2.24, 2.45) is 5.84 Å². The van der Waals surface area contributed by atoms with Gasteiger partial charge in [0.05, 0.1) is 6.17 Å². The lowest BCUT2D eigenvalue weighted by atomic mass is 10.2. The summed E-state index contributed by atoms with van der Waals surface area (Å²) >= 11 is 0. The molecule has 1 unspecified atom stereocenters. The molecule has 2 aliphatic heterocycles. The van der Waals surface area contributed by atoms with Gasteiger partial charge in [0.1, 0.15) is 11.3 Å². The molecular formula is C15H26N4O2. The highest BCUT2D eigenvalue weighted by atomic mass is 16.6. The van der Waals surface area contributed by atoms with E-state index in [-0.39, 0.29) is 12.1 Å². The van der Waals surface area contributed by atoms with Gasteiger partial charge < -0.3 is 10.1 Å². The van der Waals surface area contributed by atoms with Crippen LogP contribution < -0.4 is 11.2 Å². The number of nitrogens with two attached hydrogens (primary N) is 1. The number of nitrogens with zero attached hydrogens (tertiary/aromatic N) is 2. The lowest BCUT2D eigenvalue weighted by molar-refractivity contribution is -0.150. The number of hydrogen-bond donors (Lipinski definition) is 2. The molecule has 0 aromatic carbocycles. The minimum Gasteiger partial charge on any atom is -0.455 e. The van der Waals surface area contributed by atoms with Crippen molar-refractivity contribution in [3.05, 3.63) is 23.9 Å². The molecule has 118 valence electrons. The van der Waals surface area contributed by atoms with Gasteiger partial charge in [-0.3, -0.25) is 10.7 Å². The summed E-state index contributed by atoms with van der Waals surface area (Å²) in [5.41, 5.74) is 0.0186. The summed E-state index contributed by atoms with van der Waals surface area (Å²) in [5.74, 6) is 5.54. The highest BCUT2D eigenvalue weighted by Gasteiger charge is 2.26. The number of ether oxygens (including phenoxy) is 1. The molecule has 0 saturated carbocycles. The molecule has 2 heterocycles. The predicted octanol–water partition coefficient (Wildman–Crippen LogP) is 0.579. The van der Waals surface area contributed by atoms with Crippen LogP contribution in [0.15, 0.2) is 23.9 Å². The van der Waals surface area contributed by atoms with Crippen molar-refractivity contribution in [3.8, 4) is 0 Å². The number of rotatable bonds is 2. The van der Waals surface area contributed by atoms with Crippen LogP contribution in [0.4, 0.5) is 0 Å². The Bertz CT molecular complexity index is 439. The van der Waals surface area contributed by atoms with Crippen LogP contribution in [0.2, 0.25) is 0 Å². The topological polar surface area (TPSA) is 70.8 Å². The smallest absolute Gasteiger partial charge is 0.354 e. The number of hydrazine groups is 1. The first kappa shape index (κ1) is 16.0. The Kier molecular flexibility index (Phi) is 5.03. The summed E-state index contributed by atoms with van der Waals surface area (Å²) in [6.45, 7) is 9.17. The Morgan fingerprint density at radius 3 is 2.81 bits per heavy atom. The first-order valence-corrected chi connectivity index (χ1v) is 7.47. The number of esters is 1. The minimum atomic E-state index is -0.487. The molecule has 0 amide bonds. The van der Waals surface area contributed by atoms with Gasteiger partial charge in [0, 0.05) is 26.2 Å². The molecule has 1 fully saturated rings. The Balaban J connectivity index is 1.95. The van der Waals surface area contributed by atoms with E-state index in [0.29, 0.717) is 5.70 Å². The van der Waals surface area contributed by atoms with Crippen LogP contribution in [0.3, 0.4) is 0 Å². The van der Waals surface area contributed by atoms with E-state index in [9.17, 15) is 4.79 Å². The van der Waals surface area contributed by atoms with E-state index in [4.69, 9.17) is 10.6 Å². The molecule has 3 N–H and O–H groups in total. The van der Waals surface area contributed by atoms with Gasteiger partial charge in [0.25, 0.3) is 0 Å². The van der Waals surface area contributed by atoms with Crippen molar-refractivity contribution in [1.82, 2.24) is 15.2 Å². The summed E-state index contributed by atoms with van der Waals surface area (Å²) in [4.78, 5) is 14.4. The fraction of sp³-hybridized carbons (Fsp3) is 0.667. The normalized spacial score (nSPS) is 25.0. The second-order valence-electron chi connectivity index (χ2n) is 6.48. The summed E-state index contributed by atoms with van der Waals surface area (Å²) < 4.78 is 5.40. The molecule has 1 atom stereocenters. The van der Waals surface area contributed by atoms with E-state index in [1.54, 1.807) is 6.08 Å². The Morgan fingerprint density at radius 1 is 1.33 bits per heavy atom. The maximum atomic E-state index is 12.1. The van der Waals surface area contributed by atoms with E-state index >= 15 is 0 Å². The molecule has 2 rings (SSSR count). The van der Waals surface area contributed by atoms with Gasteiger partial charge in [-0.1, -0.05) is 6.08 Å². The molecule has 21 heavy (non-hydrogen) atoms. The lowest BCUT2D eigenvalue weighted by Gasteiger charge is -2.32. The molecule has 0 spiro atoms. The Labute approximate surface area is 126 Å². The predicted molar refractivity (Wildman–Crippen MR) is 81.9 cm³/mol. The number of carbonyl (C=O) groups excluding carboxylic acids is 1. The van der Waals surface area contributed by atoms with Gasteiger partial charge in [-0.25, -0.2) is 9.80 Å². The summed E-state index contributed by atoms with van der Waals surface area (Å²) in [5, 5.41) is 5.10. The largest absolute Gasteiger partial charge is 0.455 e. The highest BCUT2D eigenvalue weighted by molar-refractivity contribution is 5.88. The van der Waals surface area contributed by atoms with Crippen LogP contribution >= 0.6 is 0 Å². The standard InChI is InChI=1S/C15H26N4O2/c1-15(2,3)21-14(20)12-6-4-7-13(17-12)18-8-5-9-19(16)11-10-18/h4,6-7,13,17H,5,8-11,16H2,1-3H3. The zero-order valence-corrected chi connectivity index (χ0v) is 13.1. The number of carbonyl (C=O) groups is 1. The second-order valence-corrected chi connectivity index (χ2v) is 6.48.